The van der Waals surface area contributed by atoms with Crippen LogP contribution in [0.2, 0.25) is 0 Å². The number of sulfonamides is 1. The van der Waals surface area contributed by atoms with Gasteiger partial charge >= 0.3 is 0 Å². The van der Waals surface area contributed by atoms with Crippen LogP contribution in [0.25, 0.3) is 0 Å². The molecule has 112 valence electrons. The Balaban J connectivity index is 2.42. The molecule has 2 aromatic carbocycles. The molecule has 0 spiro atoms. The van der Waals surface area contributed by atoms with E-state index in [9.17, 15) is 12.8 Å². The molecule has 0 aromatic heterocycles. The van der Waals surface area contributed by atoms with E-state index in [4.69, 9.17) is 10.6 Å². The maximum absolute atomic E-state index is 13.1. The highest BCUT2D eigenvalue weighted by atomic mass is 32.2. The lowest BCUT2D eigenvalue weighted by atomic mass is 10.3. The summed E-state index contributed by atoms with van der Waals surface area (Å²) in [6, 6.07) is 9.64. The Hall–Kier alpha value is -2.32. The highest BCUT2D eigenvalue weighted by Gasteiger charge is 2.19. The van der Waals surface area contributed by atoms with Crippen molar-refractivity contribution in [2.24, 2.45) is 5.84 Å². The monoisotopic (exact) mass is 311 g/mol. The summed E-state index contributed by atoms with van der Waals surface area (Å²) in [5, 5.41) is 0. The van der Waals surface area contributed by atoms with Gasteiger partial charge in [0.25, 0.3) is 10.0 Å². The molecule has 0 unspecified atom stereocenters. The van der Waals surface area contributed by atoms with Gasteiger partial charge in [-0.15, -0.1) is 0 Å². The maximum atomic E-state index is 13.1. The summed E-state index contributed by atoms with van der Waals surface area (Å²) in [4.78, 5) is -0.0288. The number of benzene rings is 2. The Morgan fingerprint density at radius 2 is 1.86 bits per heavy atom. The van der Waals surface area contributed by atoms with Crippen LogP contribution in [0.1, 0.15) is 0 Å². The maximum Gasteiger partial charge on any atom is 0.264 e. The van der Waals surface area contributed by atoms with E-state index < -0.39 is 15.8 Å². The van der Waals surface area contributed by atoms with Crippen molar-refractivity contribution in [2.75, 3.05) is 17.3 Å². The van der Waals surface area contributed by atoms with Crippen LogP contribution >= 0.6 is 0 Å². The van der Waals surface area contributed by atoms with Crippen molar-refractivity contribution in [1.82, 2.24) is 0 Å². The first kappa shape index (κ1) is 15.1. The van der Waals surface area contributed by atoms with E-state index >= 15 is 0 Å². The highest BCUT2D eigenvalue weighted by molar-refractivity contribution is 7.92. The SMILES string of the molecule is COc1cc(F)ccc1NS(=O)(=O)c1ccccc1NN. The number of rotatable bonds is 5. The summed E-state index contributed by atoms with van der Waals surface area (Å²) in [5.74, 6) is 4.85. The summed E-state index contributed by atoms with van der Waals surface area (Å²) in [7, 11) is -2.58. The van der Waals surface area contributed by atoms with E-state index in [1.807, 2.05) is 0 Å². The molecule has 0 atom stereocenters. The number of nitrogens with one attached hydrogen (secondary N) is 2. The van der Waals surface area contributed by atoms with Gasteiger partial charge in [0.2, 0.25) is 0 Å². The van der Waals surface area contributed by atoms with Crippen molar-refractivity contribution >= 4 is 21.4 Å². The summed E-state index contributed by atoms with van der Waals surface area (Å²) in [6.45, 7) is 0. The first-order chi connectivity index (χ1) is 9.97. The van der Waals surface area contributed by atoms with Crippen LogP contribution in [-0.4, -0.2) is 15.5 Å². The number of nitrogen functional groups attached to an aromatic ring is 1. The zero-order valence-electron chi connectivity index (χ0n) is 11.1. The largest absolute Gasteiger partial charge is 0.494 e. The predicted octanol–water partition coefficient (Wildman–Crippen LogP) is 1.92. The molecular formula is C13H14FN3O3S. The van der Waals surface area contributed by atoms with E-state index in [1.165, 1.54) is 25.3 Å². The van der Waals surface area contributed by atoms with E-state index in [1.54, 1.807) is 12.1 Å². The number of methoxy groups -OCH3 is 1. The Morgan fingerprint density at radius 3 is 2.52 bits per heavy atom. The zero-order valence-corrected chi connectivity index (χ0v) is 11.9. The van der Waals surface area contributed by atoms with E-state index in [-0.39, 0.29) is 22.0 Å². The van der Waals surface area contributed by atoms with Crippen molar-refractivity contribution in [3.05, 3.63) is 48.3 Å². The average Bonchev–Trinajstić information content (AvgIpc) is 2.48. The fourth-order valence-corrected chi connectivity index (χ4v) is 3.01. The zero-order chi connectivity index (χ0) is 15.5. The Kier molecular flexibility index (Phi) is 4.29. The number of para-hydroxylation sites is 1. The average molecular weight is 311 g/mol. The van der Waals surface area contributed by atoms with Crippen LogP contribution in [0.15, 0.2) is 47.4 Å². The molecule has 4 N–H and O–H groups in total. The molecule has 21 heavy (non-hydrogen) atoms. The molecule has 8 heteroatoms. The molecule has 0 heterocycles. The van der Waals surface area contributed by atoms with Gasteiger partial charge < -0.3 is 10.2 Å². The lowest BCUT2D eigenvalue weighted by Gasteiger charge is -2.14. The van der Waals surface area contributed by atoms with Crippen molar-refractivity contribution < 1.29 is 17.5 Å². The van der Waals surface area contributed by atoms with Crippen LogP contribution in [0, 0.1) is 5.82 Å². The molecule has 0 saturated carbocycles. The Labute approximate surface area is 121 Å². The number of hydrogen-bond donors (Lipinski definition) is 3. The standard InChI is InChI=1S/C13H14FN3O3S/c1-20-12-8-9(14)6-7-10(12)17-21(18,19)13-5-3-2-4-11(13)16-15/h2-8,16-17H,15H2,1H3. The van der Waals surface area contributed by atoms with Crippen LogP contribution in [0.4, 0.5) is 15.8 Å². The minimum atomic E-state index is -3.90. The molecular weight excluding hydrogens is 297 g/mol. The molecule has 0 amide bonds. The first-order valence-corrected chi connectivity index (χ1v) is 7.38. The van der Waals surface area contributed by atoms with Gasteiger partial charge in [0.15, 0.2) is 0 Å². The van der Waals surface area contributed by atoms with Gasteiger partial charge in [0.1, 0.15) is 16.5 Å². The highest BCUT2D eigenvalue weighted by Crippen LogP contribution is 2.29. The molecule has 6 nitrogen and oxygen atoms in total. The summed E-state index contributed by atoms with van der Waals surface area (Å²) >= 11 is 0. The molecule has 2 aromatic rings. The van der Waals surface area contributed by atoms with Gasteiger partial charge in [0.05, 0.1) is 18.5 Å². The second kappa shape index (κ2) is 5.98. The van der Waals surface area contributed by atoms with Crippen molar-refractivity contribution in [3.8, 4) is 5.75 Å². The number of nitrogens with two attached hydrogens (primary N) is 1. The van der Waals surface area contributed by atoms with Gasteiger partial charge in [-0.1, -0.05) is 12.1 Å². The smallest absolute Gasteiger partial charge is 0.264 e. The number of halogens is 1. The number of ether oxygens (including phenoxy) is 1. The topological polar surface area (TPSA) is 93.4 Å². The molecule has 0 radical (unpaired) electrons. The van der Waals surface area contributed by atoms with E-state index in [0.717, 1.165) is 12.1 Å². The Bertz CT molecular complexity index is 750. The van der Waals surface area contributed by atoms with Gasteiger partial charge in [-0.3, -0.25) is 10.6 Å². The van der Waals surface area contributed by atoms with Gasteiger partial charge in [0, 0.05) is 6.07 Å². The van der Waals surface area contributed by atoms with Crippen LogP contribution < -0.4 is 20.7 Å². The minimum absolute atomic E-state index is 0.0288. The minimum Gasteiger partial charge on any atom is -0.494 e. The molecule has 0 aliphatic heterocycles. The lowest BCUT2D eigenvalue weighted by Crippen LogP contribution is -2.17. The van der Waals surface area contributed by atoms with Crippen molar-refractivity contribution in [1.29, 1.82) is 0 Å². The fourth-order valence-electron chi connectivity index (χ4n) is 1.77. The first-order valence-electron chi connectivity index (χ1n) is 5.90. The normalized spacial score (nSPS) is 11.0. The third-order valence-electron chi connectivity index (χ3n) is 2.74. The van der Waals surface area contributed by atoms with Crippen LogP contribution in [-0.2, 0) is 10.0 Å². The third kappa shape index (κ3) is 3.23. The summed E-state index contributed by atoms with van der Waals surface area (Å²) in [5.41, 5.74) is 2.69. The molecule has 0 bridgehead atoms. The predicted molar refractivity (Wildman–Crippen MR) is 78.0 cm³/mol. The van der Waals surface area contributed by atoms with Crippen molar-refractivity contribution in [2.45, 2.75) is 4.90 Å². The van der Waals surface area contributed by atoms with Gasteiger partial charge in [-0.05, 0) is 24.3 Å². The number of anilines is 2. The lowest BCUT2D eigenvalue weighted by molar-refractivity contribution is 0.413. The molecule has 0 aliphatic carbocycles. The van der Waals surface area contributed by atoms with Crippen LogP contribution in [0.5, 0.6) is 5.75 Å². The molecule has 0 fully saturated rings. The molecule has 0 saturated heterocycles. The van der Waals surface area contributed by atoms with Crippen molar-refractivity contribution in [3.63, 3.8) is 0 Å². The van der Waals surface area contributed by atoms with Crippen LogP contribution in [0.3, 0.4) is 0 Å². The van der Waals surface area contributed by atoms with Gasteiger partial charge in [-0.25, -0.2) is 12.8 Å². The molecule has 0 aliphatic rings. The summed E-state index contributed by atoms with van der Waals surface area (Å²) in [6.07, 6.45) is 0. The second-order valence-corrected chi connectivity index (χ2v) is 5.74. The van der Waals surface area contributed by atoms with E-state index in [2.05, 4.69) is 10.1 Å². The fraction of sp³-hybridized carbons (Fsp3) is 0.0769. The van der Waals surface area contributed by atoms with Gasteiger partial charge in [-0.2, -0.15) is 0 Å². The number of hydrazine groups is 1. The summed E-state index contributed by atoms with van der Waals surface area (Å²) < 4.78 is 45.2. The molecule has 2 rings (SSSR count). The quantitative estimate of drug-likeness (QED) is 0.579. The second-order valence-electron chi connectivity index (χ2n) is 4.09. The van der Waals surface area contributed by atoms with E-state index in [0.29, 0.717) is 0 Å². The third-order valence-corrected chi connectivity index (χ3v) is 4.16. The number of hydrogen-bond acceptors (Lipinski definition) is 5. The Morgan fingerprint density at radius 1 is 1.14 bits per heavy atom.